The molecule has 1 saturated heterocycles. The van der Waals surface area contributed by atoms with E-state index >= 15 is 0 Å². The summed E-state index contributed by atoms with van der Waals surface area (Å²) in [5, 5.41) is 0. The monoisotopic (exact) mass is 265 g/mol. The number of thioether (sulfide) groups is 1. The van der Waals surface area contributed by atoms with Gasteiger partial charge in [0.25, 0.3) is 0 Å². The Morgan fingerprint density at radius 2 is 2.40 bits per heavy atom. The highest BCUT2D eigenvalue weighted by atomic mass is 32.2. The molecule has 0 aromatic heterocycles. The second-order valence-electron chi connectivity index (χ2n) is 3.53. The van der Waals surface area contributed by atoms with Gasteiger partial charge in [0.1, 0.15) is 4.32 Å². The van der Waals surface area contributed by atoms with Crippen LogP contribution in [0.5, 0.6) is 0 Å². The van der Waals surface area contributed by atoms with Crippen LogP contribution in [0.15, 0.2) is 12.7 Å². The van der Waals surface area contributed by atoms with E-state index < -0.39 is 9.84 Å². The van der Waals surface area contributed by atoms with E-state index in [1.54, 1.807) is 6.08 Å². The van der Waals surface area contributed by atoms with Crippen LogP contribution in [-0.2, 0) is 9.84 Å². The van der Waals surface area contributed by atoms with Gasteiger partial charge in [0.05, 0.1) is 11.5 Å². The maximum Gasteiger partial charge on any atom is 0.152 e. The molecule has 3 nitrogen and oxygen atoms in total. The van der Waals surface area contributed by atoms with Gasteiger partial charge in [0.2, 0.25) is 0 Å². The molecule has 1 rings (SSSR count). The van der Waals surface area contributed by atoms with E-state index in [4.69, 9.17) is 12.2 Å². The fourth-order valence-corrected chi connectivity index (χ4v) is 4.20. The van der Waals surface area contributed by atoms with Crippen molar-refractivity contribution in [2.75, 3.05) is 24.3 Å². The van der Waals surface area contributed by atoms with Gasteiger partial charge < -0.3 is 4.90 Å². The summed E-state index contributed by atoms with van der Waals surface area (Å²) >= 11 is 6.72. The van der Waals surface area contributed by atoms with Gasteiger partial charge in [-0.3, -0.25) is 0 Å². The minimum absolute atomic E-state index is 0.0554. The first-order chi connectivity index (χ1) is 6.96. The van der Waals surface area contributed by atoms with E-state index in [9.17, 15) is 8.42 Å². The topological polar surface area (TPSA) is 37.4 Å². The van der Waals surface area contributed by atoms with Crippen LogP contribution in [0.1, 0.15) is 6.42 Å². The lowest BCUT2D eigenvalue weighted by Crippen LogP contribution is -2.35. The smallest absolute Gasteiger partial charge is 0.152 e. The molecule has 1 unspecified atom stereocenters. The predicted octanol–water partition coefficient (Wildman–Crippen LogP) is 1.31. The summed E-state index contributed by atoms with van der Waals surface area (Å²) in [6.07, 6.45) is 2.48. The van der Waals surface area contributed by atoms with Crippen molar-refractivity contribution in [1.29, 1.82) is 0 Å². The second kappa shape index (κ2) is 5.32. The van der Waals surface area contributed by atoms with Gasteiger partial charge in [-0.25, -0.2) is 8.42 Å². The number of nitrogens with zero attached hydrogens (tertiary/aromatic N) is 1. The van der Waals surface area contributed by atoms with Crippen molar-refractivity contribution in [3.05, 3.63) is 12.7 Å². The molecule has 0 aromatic rings. The van der Waals surface area contributed by atoms with Crippen LogP contribution in [0.2, 0.25) is 0 Å². The highest BCUT2D eigenvalue weighted by Gasteiger charge is 2.31. The fraction of sp³-hybridized carbons (Fsp3) is 0.667. The molecule has 1 aliphatic heterocycles. The summed E-state index contributed by atoms with van der Waals surface area (Å²) < 4.78 is 23.3. The molecule has 1 aliphatic rings. The van der Waals surface area contributed by atoms with Gasteiger partial charge in [-0.05, 0) is 6.42 Å². The van der Waals surface area contributed by atoms with Crippen LogP contribution in [0.25, 0.3) is 0 Å². The van der Waals surface area contributed by atoms with E-state index in [0.717, 1.165) is 10.1 Å². The second-order valence-corrected chi connectivity index (χ2v) is 7.42. The van der Waals surface area contributed by atoms with Crippen molar-refractivity contribution in [1.82, 2.24) is 4.90 Å². The van der Waals surface area contributed by atoms with Crippen molar-refractivity contribution < 1.29 is 8.42 Å². The molecular weight excluding hydrogens is 250 g/mol. The minimum atomic E-state index is -2.83. The van der Waals surface area contributed by atoms with Gasteiger partial charge >= 0.3 is 0 Å². The zero-order valence-corrected chi connectivity index (χ0v) is 11.1. The Bertz CT molecular complexity index is 350. The van der Waals surface area contributed by atoms with Crippen molar-refractivity contribution in [2.24, 2.45) is 0 Å². The lowest BCUT2D eigenvalue weighted by atomic mass is 10.2. The SMILES string of the molecule is C=CCSC(=S)N(C)C1CCS(=O)(=O)C1. The van der Waals surface area contributed by atoms with Gasteiger partial charge in [0.15, 0.2) is 9.84 Å². The van der Waals surface area contributed by atoms with Crippen molar-refractivity contribution in [3.8, 4) is 0 Å². The third kappa shape index (κ3) is 3.77. The molecule has 0 aromatic carbocycles. The number of sulfone groups is 1. The molecule has 0 N–H and O–H groups in total. The Labute approximate surface area is 101 Å². The quantitative estimate of drug-likeness (QED) is 0.568. The maximum absolute atomic E-state index is 11.3. The molecule has 15 heavy (non-hydrogen) atoms. The van der Waals surface area contributed by atoms with Crippen LogP contribution in [0.4, 0.5) is 0 Å². The minimum Gasteiger partial charge on any atom is -0.357 e. The van der Waals surface area contributed by atoms with E-state index in [1.165, 1.54) is 11.8 Å². The Kier molecular flexibility index (Phi) is 4.61. The molecule has 1 heterocycles. The average Bonchev–Trinajstić information content (AvgIpc) is 2.54. The summed E-state index contributed by atoms with van der Waals surface area (Å²) in [6, 6.07) is 0.0554. The van der Waals surface area contributed by atoms with Crippen LogP contribution < -0.4 is 0 Å². The van der Waals surface area contributed by atoms with Crippen molar-refractivity contribution in [3.63, 3.8) is 0 Å². The molecule has 0 amide bonds. The molecule has 0 bridgehead atoms. The number of thiocarbonyl (C=S) groups is 1. The first-order valence-electron chi connectivity index (χ1n) is 4.67. The van der Waals surface area contributed by atoms with Gasteiger partial charge in [-0.15, -0.1) is 6.58 Å². The van der Waals surface area contributed by atoms with E-state index in [1.807, 2.05) is 11.9 Å². The number of rotatable bonds is 3. The van der Waals surface area contributed by atoms with Crippen LogP contribution in [0, 0.1) is 0 Å². The average molecular weight is 265 g/mol. The first kappa shape index (κ1) is 13.0. The Balaban J connectivity index is 2.51. The summed E-state index contributed by atoms with van der Waals surface area (Å²) in [4.78, 5) is 1.90. The first-order valence-corrected chi connectivity index (χ1v) is 7.88. The largest absolute Gasteiger partial charge is 0.357 e. The molecule has 1 fully saturated rings. The molecule has 0 saturated carbocycles. The van der Waals surface area contributed by atoms with Crippen molar-refractivity contribution >= 4 is 38.1 Å². The Morgan fingerprint density at radius 3 is 2.87 bits per heavy atom. The molecule has 86 valence electrons. The molecule has 0 spiro atoms. The summed E-state index contributed by atoms with van der Waals surface area (Å²) in [6.45, 7) is 3.62. The van der Waals surface area contributed by atoms with Gasteiger partial charge in [-0.1, -0.05) is 30.1 Å². The fourth-order valence-electron chi connectivity index (χ4n) is 1.46. The highest BCUT2D eigenvalue weighted by Crippen LogP contribution is 2.20. The number of hydrogen-bond donors (Lipinski definition) is 0. The highest BCUT2D eigenvalue weighted by molar-refractivity contribution is 8.23. The third-order valence-corrected chi connectivity index (χ3v) is 5.70. The van der Waals surface area contributed by atoms with Gasteiger partial charge in [-0.2, -0.15) is 0 Å². The third-order valence-electron chi connectivity index (χ3n) is 2.37. The summed E-state index contributed by atoms with van der Waals surface area (Å²) in [7, 11) is -0.960. The molecule has 0 radical (unpaired) electrons. The normalized spacial score (nSPS) is 23.7. The lowest BCUT2D eigenvalue weighted by molar-refractivity contribution is 0.409. The van der Waals surface area contributed by atoms with E-state index in [-0.39, 0.29) is 17.5 Å². The standard InChI is InChI=1S/C9H15NO2S3/c1-3-5-14-9(13)10(2)8-4-6-15(11,12)7-8/h3,8H,1,4-7H2,2H3. The van der Waals surface area contributed by atoms with Crippen LogP contribution >= 0.6 is 24.0 Å². The summed E-state index contributed by atoms with van der Waals surface area (Å²) in [5.74, 6) is 1.29. The Hall–Kier alpha value is -0.0700. The van der Waals surface area contributed by atoms with Crippen LogP contribution in [0.3, 0.4) is 0 Å². The molecule has 0 aliphatic carbocycles. The van der Waals surface area contributed by atoms with Gasteiger partial charge in [0, 0.05) is 18.8 Å². The zero-order valence-electron chi connectivity index (χ0n) is 8.68. The Morgan fingerprint density at radius 1 is 1.73 bits per heavy atom. The van der Waals surface area contributed by atoms with Crippen LogP contribution in [-0.4, -0.2) is 48.0 Å². The van der Waals surface area contributed by atoms with Crippen molar-refractivity contribution in [2.45, 2.75) is 12.5 Å². The summed E-state index contributed by atoms with van der Waals surface area (Å²) in [5.41, 5.74) is 0. The van der Waals surface area contributed by atoms with E-state index in [0.29, 0.717) is 6.42 Å². The predicted molar refractivity (Wildman–Crippen MR) is 70.1 cm³/mol. The number of hydrogen-bond acceptors (Lipinski definition) is 4. The van der Waals surface area contributed by atoms with E-state index in [2.05, 4.69) is 6.58 Å². The molecule has 1 atom stereocenters. The lowest BCUT2D eigenvalue weighted by Gasteiger charge is -2.25. The molecule has 6 heteroatoms. The maximum atomic E-state index is 11.3. The molecular formula is C9H15NO2S3. The zero-order chi connectivity index (χ0) is 11.5.